The van der Waals surface area contributed by atoms with E-state index in [0.717, 1.165) is 33.9 Å². The average molecular weight is 395 g/mol. The summed E-state index contributed by atoms with van der Waals surface area (Å²) >= 11 is 1.15. The molecule has 0 unspecified atom stereocenters. The predicted octanol–water partition coefficient (Wildman–Crippen LogP) is 2.51. The van der Waals surface area contributed by atoms with Gasteiger partial charge >= 0.3 is 0 Å². The first-order valence-electron chi connectivity index (χ1n) is 8.54. The van der Waals surface area contributed by atoms with Gasteiger partial charge in [-0.3, -0.25) is 4.79 Å². The van der Waals surface area contributed by atoms with E-state index in [9.17, 15) is 13.2 Å². The lowest BCUT2D eigenvalue weighted by Crippen LogP contribution is -2.40. The van der Waals surface area contributed by atoms with Crippen LogP contribution in [-0.2, 0) is 32.4 Å². The Morgan fingerprint density at radius 2 is 2.00 bits per heavy atom. The van der Waals surface area contributed by atoms with Crippen molar-refractivity contribution in [3.63, 3.8) is 0 Å². The Labute approximate surface area is 157 Å². The maximum atomic E-state index is 12.6. The Hall–Kier alpha value is -1.74. The largest absolute Gasteiger partial charge is 0.379 e. The Balaban J connectivity index is 1.65. The molecule has 0 aliphatic carbocycles. The Kier molecular flexibility index (Phi) is 6.08. The van der Waals surface area contributed by atoms with Crippen molar-refractivity contribution in [1.82, 2.24) is 4.31 Å². The summed E-state index contributed by atoms with van der Waals surface area (Å²) in [5.41, 5.74) is 1.91. The van der Waals surface area contributed by atoms with Crippen LogP contribution >= 0.6 is 11.3 Å². The fourth-order valence-corrected chi connectivity index (χ4v) is 5.66. The molecule has 2 aromatic rings. The standard InChI is InChI=1S/C18H22N2O4S2/c1-2-14-4-3-5-15(12-14)19-17(21)13-16-6-7-18(25-16)26(22,23)20-8-10-24-11-9-20/h3-7,12H,2,8-11,13H2,1H3,(H,19,21). The number of morpholine rings is 1. The first-order chi connectivity index (χ1) is 12.5. The van der Waals surface area contributed by atoms with Crippen LogP contribution in [-0.4, -0.2) is 44.9 Å². The number of anilines is 1. The average Bonchev–Trinajstić information content (AvgIpc) is 3.11. The molecule has 0 atom stereocenters. The van der Waals surface area contributed by atoms with Crippen molar-refractivity contribution in [2.45, 2.75) is 24.0 Å². The number of nitrogens with one attached hydrogen (secondary N) is 1. The van der Waals surface area contributed by atoms with Gasteiger partial charge in [0.15, 0.2) is 0 Å². The first-order valence-corrected chi connectivity index (χ1v) is 10.8. The zero-order chi connectivity index (χ0) is 18.6. The zero-order valence-corrected chi connectivity index (χ0v) is 16.2. The van der Waals surface area contributed by atoms with E-state index in [1.54, 1.807) is 12.1 Å². The monoisotopic (exact) mass is 394 g/mol. The third-order valence-corrected chi connectivity index (χ3v) is 7.61. The Morgan fingerprint density at radius 3 is 2.73 bits per heavy atom. The molecule has 2 heterocycles. The minimum atomic E-state index is -3.50. The predicted molar refractivity (Wildman–Crippen MR) is 102 cm³/mol. The van der Waals surface area contributed by atoms with E-state index in [2.05, 4.69) is 12.2 Å². The third kappa shape index (κ3) is 4.50. The lowest BCUT2D eigenvalue weighted by Gasteiger charge is -2.25. The highest BCUT2D eigenvalue weighted by Crippen LogP contribution is 2.26. The molecule has 6 nitrogen and oxygen atoms in total. The molecular formula is C18H22N2O4S2. The van der Waals surface area contributed by atoms with E-state index in [4.69, 9.17) is 4.74 Å². The molecular weight excluding hydrogens is 372 g/mol. The van der Waals surface area contributed by atoms with E-state index < -0.39 is 10.0 Å². The fraction of sp³-hybridized carbons (Fsp3) is 0.389. The van der Waals surface area contributed by atoms with Crippen LogP contribution in [0.3, 0.4) is 0 Å². The number of benzene rings is 1. The molecule has 0 radical (unpaired) electrons. The number of carbonyl (C=O) groups is 1. The summed E-state index contributed by atoms with van der Waals surface area (Å²) in [6.07, 6.45) is 1.05. The number of hydrogen-bond donors (Lipinski definition) is 1. The van der Waals surface area contributed by atoms with Crippen LogP contribution in [0.2, 0.25) is 0 Å². The maximum Gasteiger partial charge on any atom is 0.252 e. The summed E-state index contributed by atoms with van der Waals surface area (Å²) in [5, 5.41) is 2.87. The molecule has 1 aromatic carbocycles. The minimum Gasteiger partial charge on any atom is -0.379 e. The zero-order valence-electron chi connectivity index (χ0n) is 14.6. The van der Waals surface area contributed by atoms with Crippen LogP contribution in [0.4, 0.5) is 5.69 Å². The number of thiophene rings is 1. The van der Waals surface area contributed by atoms with Crippen molar-refractivity contribution >= 4 is 33.0 Å². The van der Waals surface area contributed by atoms with Gasteiger partial charge in [-0.15, -0.1) is 11.3 Å². The molecule has 0 bridgehead atoms. The van der Waals surface area contributed by atoms with Gasteiger partial charge in [0.25, 0.3) is 10.0 Å². The van der Waals surface area contributed by atoms with Crippen LogP contribution in [0.1, 0.15) is 17.4 Å². The third-order valence-electron chi connectivity index (χ3n) is 4.15. The molecule has 1 N–H and O–H groups in total. The molecule has 140 valence electrons. The van der Waals surface area contributed by atoms with Gasteiger partial charge in [0, 0.05) is 23.7 Å². The van der Waals surface area contributed by atoms with Crippen LogP contribution in [0.25, 0.3) is 0 Å². The fourth-order valence-electron chi connectivity index (χ4n) is 2.74. The van der Waals surface area contributed by atoms with Crippen molar-refractivity contribution in [2.75, 3.05) is 31.6 Å². The normalized spacial score (nSPS) is 15.7. The number of rotatable bonds is 6. The summed E-state index contributed by atoms with van der Waals surface area (Å²) in [7, 11) is -3.50. The maximum absolute atomic E-state index is 12.6. The van der Waals surface area contributed by atoms with Gasteiger partial charge in [-0.25, -0.2) is 8.42 Å². The highest BCUT2D eigenvalue weighted by atomic mass is 32.2. The van der Waals surface area contributed by atoms with E-state index in [-0.39, 0.29) is 16.5 Å². The molecule has 1 saturated heterocycles. The number of ether oxygens (including phenoxy) is 1. The molecule has 8 heteroatoms. The van der Waals surface area contributed by atoms with E-state index in [1.165, 1.54) is 4.31 Å². The number of aryl methyl sites for hydroxylation is 1. The lowest BCUT2D eigenvalue weighted by atomic mass is 10.1. The number of carbonyl (C=O) groups excluding carboxylic acids is 1. The molecule has 1 amide bonds. The summed E-state index contributed by atoms with van der Waals surface area (Å²) in [4.78, 5) is 13.0. The van der Waals surface area contributed by atoms with Crippen LogP contribution in [0.15, 0.2) is 40.6 Å². The summed E-state index contributed by atoms with van der Waals surface area (Å²) in [5.74, 6) is -0.157. The molecule has 0 saturated carbocycles. The number of sulfonamides is 1. The lowest BCUT2D eigenvalue weighted by molar-refractivity contribution is -0.115. The van der Waals surface area contributed by atoms with Gasteiger partial charge in [0.05, 0.1) is 19.6 Å². The second-order valence-electron chi connectivity index (χ2n) is 6.02. The minimum absolute atomic E-state index is 0.152. The highest BCUT2D eigenvalue weighted by Gasteiger charge is 2.27. The van der Waals surface area contributed by atoms with Crippen LogP contribution < -0.4 is 5.32 Å². The van der Waals surface area contributed by atoms with Gasteiger partial charge in [-0.05, 0) is 36.2 Å². The quantitative estimate of drug-likeness (QED) is 0.817. The number of amides is 1. The Bertz CT molecular complexity index is 871. The first kappa shape index (κ1) is 19.0. The number of hydrogen-bond acceptors (Lipinski definition) is 5. The molecule has 3 rings (SSSR count). The molecule has 0 spiro atoms. The highest BCUT2D eigenvalue weighted by molar-refractivity contribution is 7.91. The van der Waals surface area contributed by atoms with Crippen LogP contribution in [0.5, 0.6) is 0 Å². The van der Waals surface area contributed by atoms with E-state index in [0.29, 0.717) is 26.3 Å². The van der Waals surface area contributed by atoms with Crippen molar-refractivity contribution in [1.29, 1.82) is 0 Å². The summed E-state index contributed by atoms with van der Waals surface area (Å²) in [6, 6.07) is 11.0. The molecule has 1 aliphatic rings. The number of nitrogens with zero attached hydrogens (tertiary/aromatic N) is 1. The van der Waals surface area contributed by atoms with Gasteiger partial charge in [-0.1, -0.05) is 19.1 Å². The second-order valence-corrected chi connectivity index (χ2v) is 9.35. The molecule has 1 fully saturated rings. The SMILES string of the molecule is CCc1cccc(NC(=O)Cc2ccc(S(=O)(=O)N3CCOCC3)s2)c1. The molecule has 1 aliphatic heterocycles. The van der Waals surface area contributed by atoms with Gasteiger partial charge in [0.2, 0.25) is 5.91 Å². The molecule has 1 aromatic heterocycles. The van der Waals surface area contributed by atoms with Crippen molar-refractivity contribution < 1.29 is 17.9 Å². The van der Waals surface area contributed by atoms with E-state index >= 15 is 0 Å². The summed E-state index contributed by atoms with van der Waals surface area (Å²) in [6.45, 7) is 3.62. The topological polar surface area (TPSA) is 75.7 Å². The van der Waals surface area contributed by atoms with E-state index in [1.807, 2.05) is 24.3 Å². The van der Waals surface area contributed by atoms with Crippen molar-refractivity contribution in [3.05, 3.63) is 46.8 Å². The van der Waals surface area contributed by atoms with Crippen LogP contribution in [0, 0.1) is 0 Å². The molecule has 26 heavy (non-hydrogen) atoms. The van der Waals surface area contributed by atoms with Crippen molar-refractivity contribution in [3.8, 4) is 0 Å². The van der Waals surface area contributed by atoms with Gasteiger partial charge in [0.1, 0.15) is 4.21 Å². The van der Waals surface area contributed by atoms with Crippen molar-refractivity contribution in [2.24, 2.45) is 0 Å². The Morgan fingerprint density at radius 1 is 1.23 bits per heavy atom. The summed E-state index contributed by atoms with van der Waals surface area (Å²) < 4.78 is 32.2. The second kappa shape index (κ2) is 8.30. The van der Waals surface area contributed by atoms with Gasteiger partial charge in [-0.2, -0.15) is 4.31 Å². The smallest absolute Gasteiger partial charge is 0.252 e. The van der Waals surface area contributed by atoms with Gasteiger partial charge < -0.3 is 10.1 Å².